The zero-order valence-electron chi connectivity index (χ0n) is 14.8. The summed E-state index contributed by atoms with van der Waals surface area (Å²) in [4.78, 5) is 15.1. The van der Waals surface area contributed by atoms with E-state index >= 15 is 0 Å². The Morgan fingerprint density at radius 3 is 2.43 bits per heavy atom. The Balaban J connectivity index is 1.58. The van der Waals surface area contributed by atoms with Crippen LogP contribution in [0.5, 0.6) is 0 Å². The first-order chi connectivity index (χ1) is 11.1. The van der Waals surface area contributed by atoms with E-state index in [0.29, 0.717) is 23.8 Å². The van der Waals surface area contributed by atoms with Crippen molar-refractivity contribution < 1.29 is 9.90 Å². The first kappa shape index (κ1) is 17.2. The molecule has 4 unspecified atom stereocenters. The lowest BCUT2D eigenvalue weighted by atomic mass is 9.92. The van der Waals surface area contributed by atoms with Gasteiger partial charge in [0.05, 0.1) is 6.04 Å². The van der Waals surface area contributed by atoms with Gasteiger partial charge in [0, 0.05) is 25.7 Å². The van der Waals surface area contributed by atoms with E-state index in [1.807, 2.05) is 4.90 Å². The molecular formula is C19H34N2O2. The average Bonchev–Trinajstić information content (AvgIpc) is 3.16. The molecule has 2 N–H and O–H groups in total. The molecule has 0 radical (unpaired) electrons. The van der Waals surface area contributed by atoms with Gasteiger partial charge in [-0.1, -0.05) is 20.3 Å². The van der Waals surface area contributed by atoms with E-state index in [9.17, 15) is 9.90 Å². The van der Waals surface area contributed by atoms with Crippen LogP contribution in [0.2, 0.25) is 0 Å². The molecule has 4 nitrogen and oxygen atoms in total. The topological polar surface area (TPSA) is 52.6 Å². The quantitative estimate of drug-likeness (QED) is 0.789. The third-order valence-corrected chi connectivity index (χ3v) is 6.34. The molecule has 2 saturated carbocycles. The predicted octanol–water partition coefficient (Wildman–Crippen LogP) is 2.41. The first-order valence-corrected chi connectivity index (χ1v) is 9.72. The van der Waals surface area contributed by atoms with Crippen molar-refractivity contribution in [2.24, 2.45) is 23.7 Å². The maximum atomic E-state index is 13.0. The van der Waals surface area contributed by atoms with Gasteiger partial charge in [-0.05, 0) is 62.2 Å². The lowest BCUT2D eigenvalue weighted by Crippen LogP contribution is -2.53. The van der Waals surface area contributed by atoms with Gasteiger partial charge in [0.15, 0.2) is 0 Å². The summed E-state index contributed by atoms with van der Waals surface area (Å²) < 4.78 is 0. The summed E-state index contributed by atoms with van der Waals surface area (Å²) in [5.74, 6) is 2.94. The van der Waals surface area contributed by atoms with Crippen molar-refractivity contribution in [1.29, 1.82) is 0 Å². The van der Waals surface area contributed by atoms with Crippen molar-refractivity contribution in [1.82, 2.24) is 10.2 Å². The number of fused-ring (bicyclic) bond motifs is 2. The summed E-state index contributed by atoms with van der Waals surface area (Å²) in [7, 11) is 0. The number of hydrogen-bond acceptors (Lipinski definition) is 3. The van der Waals surface area contributed by atoms with Crippen LogP contribution in [0.1, 0.15) is 58.8 Å². The molecule has 0 aromatic carbocycles. The van der Waals surface area contributed by atoms with Crippen molar-refractivity contribution in [2.75, 3.05) is 19.7 Å². The number of aliphatic hydroxyl groups is 1. The van der Waals surface area contributed by atoms with Crippen LogP contribution in [0, 0.1) is 23.7 Å². The third-order valence-electron chi connectivity index (χ3n) is 6.34. The molecule has 3 aliphatic rings. The molecule has 0 spiro atoms. The van der Waals surface area contributed by atoms with Crippen LogP contribution in [0.4, 0.5) is 0 Å². The number of rotatable bonds is 6. The maximum Gasteiger partial charge on any atom is 0.239 e. The Morgan fingerprint density at radius 2 is 1.91 bits per heavy atom. The molecular weight excluding hydrogens is 288 g/mol. The number of aliphatic hydroxyl groups excluding tert-OH is 1. The number of likely N-dealkylation sites (tertiary alicyclic amines) is 1. The maximum absolute atomic E-state index is 13.0. The van der Waals surface area contributed by atoms with Gasteiger partial charge in [-0.2, -0.15) is 0 Å². The number of nitrogens with one attached hydrogen (secondary N) is 1. The van der Waals surface area contributed by atoms with Crippen molar-refractivity contribution in [2.45, 2.75) is 70.9 Å². The van der Waals surface area contributed by atoms with Crippen molar-refractivity contribution in [3.8, 4) is 0 Å². The van der Waals surface area contributed by atoms with Crippen molar-refractivity contribution in [3.63, 3.8) is 0 Å². The Kier molecular flexibility index (Phi) is 5.63. The largest absolute Gasteiger partial charge is 0.396 e. The molecule has 1 aliphatic heterocycles. The predicted molar refractivity (Wildman–Crippen MR) is 92.0 cm³/mol. The van der Waals surface area contributed by atoms with Crippen LogP contribution in [-0.4, -0.2) is 47.7 Å². The van der Waals surface area contributed by atoms with E-state index in [0.717, 1.165) is 44.2 Å². The number of carbonyl (C=O) groups excluding carboxylic acids is 1. The van der Waals surface area contributed by atoms with E-state index in [1.54, 1.807) is 0 Å². The van der Waals surface area contributed by atoms with Gasteiger partial charge in [-0.25, -0.2) is 0 Å². The highest BCUT2D eigenvalue weighted by Gasteiger charge is 2.41. The first-order valence-electron chi connectivity index (χ1n) is 9.72. The van der Waals surface area contributed by atoms with E-state index in [1.165, 1.54) is 25.7 Å². The Labute approximate surface area is 141 Å². The molecule has 1 heterocycles. The molecule has 2 aliphatic carbocycles. The van der Waals surface area contributed by atoms with Crippen LogP contribution < -0.4 is 5.32 Å². The number of nitrogens with zero attached hydrogens (tertiary/aromatic N) is 1. The van der Waals surface area contributed by atoms with Gasteiger partial charge >= 0.3 is 0 Å². The Hall–Kier alpha value is -0.610. The average molecular weight is 322 g/mol. The zero-order chi connectivity index (χ0) is 16.4. The number of hydrogen-bond donors (Lipinski definition) is 2. The lowest BCUT2D eigenvalue weighted by Gasteiger charge is -2.36. The molecule has 3 fully saturated rings. The van der Waals surface area contributed by atoms with Crippen molar-refractivity contribution in [3.05, 3.63) is 0 Å². The van der Waals surface area contributed by atoms with E-state index in [2.05, 4.69) is 19.2 Å². The fourth-order valence-electron chi connectivity index (χ4n) is 4.98. The zero-order valence-corrected chi connectivity index (χ0v) is 14.8. The monoisotopic (exact) mass is 322 g/mol. The molecule has 3 rings (SSSR count). The van der Waals surface area contributed by atoms with Crippen LogP contribution >= 0.6 is 0 Å². The third kappa shape index (κ3) is 4.08. The number of carbonyl (C=O) groups is 1. The Bertz CT molecular complexity index is 404. The fourth-order valence-corrected chi connectivity index (χ4v) is 4.98. The second-order valence-electron chi connectivity index (χ2n) is 8.58. The van der Waals surface area contributed by atoms with Crippen LogP contribution in [0.3, 0.4) is 0 Å². The van der Waals surface area contributed by atoms with Gasteiger partial charge in [-0.3, -0.25) is 4.79 Å². The fraction of sp³-hybridized carbons (Fsp3) is 0.947. The summed E-state index contributed by atoms with van der Waals surface area (Å²) in [6.45, 7) is 6.32. The molecule has 132 valence electrons. The Morgan fingerprint density at radius 1 is 1.17 bits per heavy atom. The molecule has 23 heavy (non-hydrogen) atoms. The number of piperidine rings is 1. The summed E-state index contributed by atoms with van der Waals surface area (Å²) in [6, 6.07) is 0.557. The van der Waals surface area contributed by atoms with Gasteiger partial charge < -0.3 is 15.3 Å². The summed E-state index contributed by atoms with van der Waals surface area (Å²) in [5.41, 5.74) is 0. The normalized spacial score (nSPS) is 32.7. The highest BCUT2D eigenvalue weighted by Crippen LogP contribution is 2.44. The van der Waals surface area contributed by atoms with Crippen LogP contribution in [0.25, 0.3) is 0 Å². The molecule has 1 saturated heterocycles. The van der Waals surface area contributed by atoms with E-state index < -0.39 is 0 Å². The van der Waals surface area contributed by atoms with E-state index in [4.69, 9.17) is 0 Å². The molecule has 0 aromatic rings. The molecule has 4 heteroatoms. The standard InChI is InChI=1S/C19H34N2O2/c1-13(2)9-18(20-17-11-15-3-4-16(17)10-15)19(23)21-7-5-14(12-22)6-8-21/h13-18,20,22H,3-12H2,1-2H3. The molecule has 4 atom stereocenters. The van der Waals surface area contributed by atoms with Crippen molar-refractivity contribution >= 4 is 5.91 Å². The summed E-state index contributed by atoms with van der Waals surface area (Å²) in [5, 5.41) is 13.0. The van der Waals surface area contributed by atoms with Crippen LogP contribution in [0.15, 0.2) is 0 Å². The second-order valence-corrected chi connectivity index (χ2v) is 8.58. The molecule has 2 bridgehead atoms. The smallest absolute Gasteiger partial charge is 0.239 e. The summed E-state index contributed by atoms with van der Waals surface area (Å²) >= 11 is 0. The van der Waals surface area contributed by atoms with Crippen LogP contribution in [-0.2, 0) is 4.79 Å². The van der Waals surface area contributed by atoms with Gasteiger partial charge in [0.2, 0.25) is 5.91 Å². The number of amides is 1. The lowest BCUT2D eigenvalue weighted by molar-refractivity contribution is -0.135. The molecule has 0 aromatic heterocycles. The second kappa shape index (κ2) is 7.52. The van der Waals surface area contributed by atoms with E-state index in [-0.39, 0.29) is 12.6 Å². The van der Waals surface area contributed by atoms with Gasteiger partial charge in [0.1, 0.15) is 0 Å². The highest BCUT2D eigenvalue weighted by atomic mass is 16.3. The minimum Gasteiger partial charge on any atom is -0.396 e. The minimum absolute atomic E-state index is 0.00923. The highest BCUT2D eigenvalue weighted by molar-refractivity contribution is 5.82. The van der Waals surface area contributed by atoms with Gasteiger partial charge in [-0.15, -0.1) is 0 Å². The van der Waals surface area contributed by atoms with Gasteiger partial charge in [0.25, 0.3) is 0 Å². The SMILES string of the molecule is CC(C)CC(NC1CC2CCC1C2)C(=O)N1CCC(CO)CC1. The minimum atomic E-state index is -0.00923. The molecule has 1 amide bonds. The summed E-state index contributed by atoms with van der Waals surface area (Å²) in [6.07, 6.45) is 8.25.